The van der Waals surface area contributed by atoms with Gasteiger partial charge < -0.3 is 10.3 Å². The Hall–Kier alpha value is -2.86. The maximum atomic E-state index is 12.8. The Morgan fingerprint density at radius 2 is 1.96 bits per heavy atom. The summed E-state index contributed by atoms with van der Waals surface area (Å²) < 4.78 is 1.74. The molecule has 3 rings (SSSR count). The minimum absolute atomic E-state index is 0.141. The number of aryl methyl sites for hydroxylation is 3. The van der Waals surface area contributed by atoms with Crippen LogP contribution in [0.3, 0.4) is 0 Å². The number of halogens is 1. The summed E-state index contributed by atoms with van der Waals surface area (Å²) in [5.41, 5.74) is 4.88. The quantitative estimate of drug-likeness (QED) is 0.723. The molecule has 2 heterocycles. The van der Waals surface area contributed by atoms with Gasteiger partial charge in [0.05, 0.1) is 5.69 Å². The predicted octanol–water partition coefficient (Wildman–Crippen LogP) is 3.38. The zero-order valence-electron chi connectivity index (χ0n) is 15.7. The molecule has 0 aliphatic heterocycles. The molecule has 0 aliphatic rings. The van der Waals surface area contributed by atoms with Gasteiger partial charge in [-0.25, -0.2) is 4.68 Å². The molecule has 2 N–H and O–H groups in total. The van der Waals surface area contributed by atoms with Gasteiger partial charge in [0.25, 0.3) is 11.5 Å². The van der Waals surface area contributed by atoms with Crippen LogP contribution in [0.2, 0.25) is 5.02 Å². The Labute approximate surface area is 162 Å². The number of hydrogen-bond donors (Lipinski definition) is 2. The van der Waals surface area contributed by atoms with E-state index in [1.165, 1.54) is 0 Å². The van der Waals surface area contributed by atoms with Crippen LogP contribution in [0.5, 0.6) is 0 Å². The van der Waals surface area contributed by atoms with Gasteiger partial charge in [0.15, 0.2) is 0 Å². The fourth-order valence-corrected chi connectivity index (χ4v) is 3.32. The number of amides is 1. The first-order valence-electron chi connectivity index (χ1n) is 8.56. The first-order chi connectivity index (χ1) is 12.8. The molecule has 6 nitrogen and oxygen atoms in total. The summed E-state index contributed by atoms with van der Waals surface area (Å²) in [6.45, 7) is 7.60. The Balaban J connectivity index is 1.91. The highest BCUT2D eigenvalue weighted by Crippen LogP contribution is 2.24. The lowest BCUT2D eigenvalue weighted by molar-refractivity contribution is 0.0950. The third kappa shape index (κ3) is 3.80. The van der Waals surface area contributed by atoms with Crippen molar-refractivity contribution in [3.8, 4) is 5.69 Å². The van der Waals surface area contributed by atoms with E-state index in [4.69, 9.17) is 11.6 Å². The van der Waals surface area contributed by atoms with Crippen LogP contribution in [0.1, 0.15) is 38.4 Å². The minimum atomic E-state index is -0.291. The second-order valence-corrected chi connectivity index (χ2v) is 7.04. The summed E-state index contributed by atoms with van der Waals surface area (Å²) in [6, 6.07) is 7.17. The van der Waals surface area contributed by atoms with Crippen LogP contribution in [-0.2, 0) is 6.54 Å². The van der Waals surface area contributed by atoms with E-state index in [0.29, 0.717) is 16.1 Å². The predicted molar refractivity (Wildman–Crippen MR) is 106 cm³/mol. The number of aromatic nitrogens is 3. The lowest BCUT2D eigenvalue weighted by Gasteiger charge is -2.14. The maximum absolute atomic E-state index is 12.8. The first-order valence-corrected chi connectivity index (χ1v) is 8.94. The molecule has 27 heavy (non-hydrogen) atoms. The Kier molecular flexibility index (Phi) is 5.19. The average molecular weight is 385 g/mol. The number of aromatic amines is 1. The van der Waals surface area contributed by atoms with E-state index < -0.39 is 0 Å². The van der Waals surface area contributed by atoms with Gasteiger partial charge in [0.2, 0.25) is 0 Å². The van der Waals surface area contributed by atoms with E-state index in [1.54, 1.807) is 23.0 Å². The Morgan fingerprint density at radius 1 is 1.22 bits per heavy atom. The molecule has 2 aromatic heterocycles. The van der Waals surface area contributed by atoms with Crippen LogP contribution in [0.4, 0.5) is 0 Å². The number of H-pyrrole nitrogens is 1. The van der Waals surface area contributed by atoms with Gasteiger partial charge in [-0.1, -0.05) is 11.6 Å². The Morgan fingerprint density at radius 3 is 2.59 bits per heavy atom. The van der Waals surface area contributed by atoms with Gasteiger partial charge in [-0.15, -0.1) is 0 Å². The van der Waals surface area contributed by atoms with Crippen molar-refractivity contribution in [3.05, 3.63) is 79.5 Å². The smallest absolute Gasteiger partial charge is 0.253 e. The van der Waals surface area contributed by atoms with Crippen LogP contribution in [0.25, 0.3) is 5.69 Å². The second kappa shape index (κ2) is 7.40. The highest BCUT2D eigenvalue weighted by Gasteiger charge is 2.16. The van der Waals surface area contributed by atoms with E-state index in [9.17, 15) is 9.59 Å². The van der Waals surface area contributed by atoms with E-state index >= 15 is 0 Å². The van der Waals surface area contributed by atoms with Gasteiger partial charge >= 0.3 is 0 Å². The summed E-state index contributed by atoms with van der Waals surface area (Å²) in [7, 11) is 0. The first kappa shape index (κ1) is 18.9. The van der Waals surface area contributed by atoms with Crippen molar-refractivity contribution in [2.45, 2.75) is 34.2 Å². The molecule has 0 atom stereocenters. The fourth-order valence-electron chi connectivity index (χ4n) is 3.11. The topological polar surface area (TPSA) is 79.8 Å². The number of nitrogens with zero attached hydrogens (tertiary/aromatic N) is 2. The summed E-state index contributed by atoms with van der Waals surface area (Å²) >= 11 is 6.24. The standard InChI is InChI=1S/C20H21ClN4O2/c1-11-7-12(2)24-20(27)17(11)10-22-19(26)16-8-15(21)9-18(14(16)4)25-13(3)5-6-23-25/h5-9H,10H2,1-4H3,(H,22,26)(H,24,27). The monoisotopic (exact) mass is 384 g/mol. The molecule has 140 valence electrons. The molecular formula is C20H21ClN4O2. The van der Waals surface area contributed by atoms with Crippen molar-refractivity contribution < 1.29 is 4.79 Å². The number of rotatable bonds is 4. The van der Waals surface area contributed by atoms with Crippen molar-refractivity contribution >= 4 is 17.5 Å². The van der Waals surface area contributed by atoms with E-state index in [-0.39, 0.29) is 18.0 Å². The number of benzene rings is 1. The number of carbonyl (C=O) groups excluding carboxylic acids is 1. The van der Waals surface area contributed by atoms with Crippen LogP contribution in [0, 0.1) is 27.7 Å². The van der Waals surface area contributed by atoms with Crippen LogP contribution in [-0.4, -0.2) is 20.7 Å². The van der Waals surface area contributed by atoms with E-state index in [0.717, 1.165) is 28.2 Å². The molecule has 0 unspecified atom stereocenters. The fraction of sp³-hybridized carbons (Fsp3) is 0.250. The minimum Gasteiger partial charge on any atom is -0.348 e. The number of carbonyl (C=O) groups is 1. The van der Waals surface area contributed by atoms with E-state index in [1.807, 2.05) is 39.8 Å². The molecule has 0 spiro atoms. The maximum Gasteiger partial charge on any atom is 0.253 e. The lowest BCUT2D eigenvalue weighted by Crippen LogP contribution is -2.28. The van der Waals surface area contributed by atoms with Crippen molar-refractivity contribution in [2.24, 2.45) is 0 Å². The molecular weight excluding hydrogens is 364 g/mol. The molecule has 0 radical (unpaired) electrons. The number of pyridine rings is 1. The van der Waals surface area contributed by atoms with Gasteiger partial charge in [0, 0.05) is 40.3 Å². The molecule has 0 bridgehead atoms. The third-order valence-corrected chi connectivity index (χ3v) is 4.79. The summed E-state index contributed by atoms with van der Waals surface area (Å²) in [5, 5.41) is 7.56. The molecule has 7 heteroatoms. The molecule has 3 aromatic rings. The highest BCUT2D eigenvalue weighted by atomic mass is 35.5. The van der Waals surface area contributed by atoms with Crippen molar-refractivity contribution in [1.29, 1.82) is 0 Å². The molecule has 1 aromatic carbocycles. The largest absolute Gasteiger partial charge is 0.348 e. The van der Waals surface area contributed by atoms with Gasteiger partial charge in [-0.05, 0) is 63.1 Å². The molecule has 1 amide bonds. The highest BCUT2D eigenvalue weighted by molar-refractivity contribution is 6.31. The SMILES string of the molecule is Cc1cc(C)c(CNC(=O)c2cc(Cl)cc(-n3nccc3C)c2C)c(=O)[nH]1. The lowest BCUT2D eigenvalue weighted by atomic mass is 10.1. The van der Waals surface area contributed by atoms with Crippen molar-refractivity contribution in [3.63, 3.8) is 0 Å². The zero-order chi connectivity index (χ0) is 19.7. The average Bonchev–Trinajstić information content (AvgIpc) is 3.01. The molecule has 0 fully saturated rings. The summed E-state index contributed by atoms with van der Waals surface area (Å²) in [5.74, 6) is -0.291. The van der Waals surface area contributed by atoms with Gasteiger partial charge in [-0.2, -0.15) is 5.10 Å². The summed E-state index contributed by atoms with van der Waals surface area (Å²) in [6.07, 6.45) is 1.70. The Bertz CT molecular complexity index is 1080. The number of hydrogen-bond acceptors (Lipinski definition) is 3. The molecule has 0 saturated carbocycles. The second-order valence-electron chi connectivity index (χ2n) is 6.61. The third-order valence-electron chi connectivity index (χ3n) is 4.57. The van der Waals surface area contributed by atoms with Crippen LogP contribution in [0.15, 0.2) is 35.3 Å². The van der Waals surface area contributed by atoms with Crippen LogP contribution >= 0.6 is 11.6 Å². The van der Waals surface area contributed by atoms with Crippen LogP contribution < -0.4 is 10.9 Å². The summed E-state index contributed by atoms with van der Waals surface area (Å²) in [4.78, 5) is 27.7. The van der Waals surface area contributed by atoms with E-state index in [2.05, 4.69) is 15.4 Å². The molecule has 0 saturated heterocycles. The normalized spacial score (nSPS) is 10.9. The van der Waals surface area contributed by atoms with Gasteiger partial charge in [-0.3, -0.25) is 9.59 Å². The van der Waals surface area contributed by atoms with Crippen molar-refractivity contribution in [2.75, 3.05) is 0 Å². The zero-order valence-corrected chi connectivity index (χ0v) is 16.4. The number of nitrogens with one attached hydrogen (secondary N) is 2. The van der Waals surface area contributed by atoms with Gasteiger partial charge in [0.1, 0.15) is 0 Å². The molecule has 0 aliphatic carbocycles. The van der Waals surface area contributed by atoms with Crippen molar-refractivity contribution in [1.82, 2.24) is 20.1 Å².